The number of halogens is 4. The van der Waals surface area contributed by atoms with Gasteiger partial charge in [0.05, 0.1) is 5.02 Å². The number of benzene rings is 2. The average molecular weight is 318 g/mol. The molecule has 0 saturated carbocycles. The Hall–Kier alpha value is -1.79. The third-order valence-electron chi connectivity index (χ3n) is 2.39. The number of ether oxygens (including phenoxy) is 1. The second kappa shape index (κ2) is 5.68. The molecule has 7 heteroatoms. The maximum absolute atomic E-state index is 13.7. The topological polar surface area (TPSA) is 35.2 Å². The van der Waals surface area contributed by atoms with Gasteiger partial charge in [0.2, 0.25) is 0 Å². The Labute approximate surface area is 122 Å². The summed E-state index contributed by atoms with van der Waals surface area (Å²) >= 11 is 10.1. The molecule has 2 aromatic carbocycles. The van der Waals surface area contributed by atoms with Gasteiger partial charge in [-0.3, -0.25) is 0 Å². The first-order chi connectivity index (χ1) is 9.38. The molecule has 0 aliphatic heterocycles. The Morgan fingerprint density at radius 3 is 2.15 bits per heavy atom. The van der Waals surface area contributed by atoms with Crippen LogP contribution >= 0.6 is 23.8 Å². The van der Waals surface area contributed by atoms with Gasteiger partial charge >= 0.3 is 0 Å². The van der Waals surface area contributed by atoms with Gasteiger partial charge in [0.25, 0.3) is 0 Å². The van der Waals surface area contributed by atoms with Crippen LogP contribution in [0, 0.1) is 17.5 Å². The third-order valence-corrected chi connectivity index (χ3v) is 2.94. The molecule has 0 fully saturated rings. The monoisotopic (exact) mass is 317 g/mol. The van der Waals surface area contributed by atoms with Crippen molar-refractivity contribution < 1.29 is 17.9 Å². The van der Waals surface area contributed by atoms with E-state index in [4.69, 9.17) is 22.1 Å². The van der Waals surface area contributed by atoms with E-state index < -0.39 is 23.2 Å². The van der Waals surface area contributed by atoms with E-state index in [0.29, 0.717) is 0 Å². The summed E-state index contributed by atoms with van der Waals surface area (Å²) in [6.07, 6.45) is 0. The SMILES string of the molecule is NC(=S)c1cc(F)c(Oc2ccc(Cl)c(F)c2)c(F)c1. The number of hydrogen-bond donors (Lipinski definition) is 1. The summed E-state index contributed by atoms with van der Waals surface area (Å²) in [5.74, 6) is -3.52. The first-order valence-corrected chi connectivity index (χ1v) is 6.09. The molecular formula is C13H7ClF3NOS. The fourth-order valence-electron chi connectivity index (χ4n) is 1.46. The van der Waals surface area contributed by atoms with Crippen LogP contribution < -0.4 is 10.5 Å². The zero-order chi connectivity index (χ0) is 14.9. The van der Waals surface area contributed by atoms with Crippen LogP contribution in [0.3, 0.4) is 0 Å². The standard InChI is InChI=1S/C13H7ClF3NOS/c14-8-2-1-7(5-9(8)15)19-12-10(16)3-6(13(18)20)4-11(12)17/h1-5H,(H2,18,20). The second-order valence-corrected chi connectivity index (χ2v) is 4.66. The summed E-state index contributed by atoms with van der Waals surface area (Å²) in [6, 6.07) is 5.29. The molecule has 20 heavy (non-hydrogen) atoms. The van der Waals surface area contributed by atoms with Crippen LogP contribution in [0.5, 0.6) is 11.5 Å². The third kappa shape index (κ3) is 3.02. The van der Waals surface area contributed by atoms with Gasteiger partial charge < -0.3 is 10.5 Å². The van der Waals surface area contributed by atoms with Gasteiger partial charge in [0.1, 0.15) is 16.6 Å². The quantitative estimate of drug-likeness (QED) is 0.862. The highest BCUT2D eigenvalue weighted by Gasteiger charge is 2.15. The predicted octanol–water partition coefficient (Wildman–Crippen LogP) is 4.18. The summed E-state index contributed by atoms with van der Waals surface area (Å²) in [5, 5.41) is -0.123. The largest absolute Gasteiger partial charge is 0.451 e. The lowest BCUT2D eigenvalue weighted by Crippen LogP contribution is -2.10. The van der Waals surface area contributed by atoms with E-state index in [9.17, 15) is 13.2 Å². The maximum atomic E-state index is 13.7. The lowest BCUT2D eigenvalue weighted by Gasteiger charge is -2.09. The molecule has 0 amide bonds. The summed E-state index contributed by atoms with van der Waals surface area (Å²) in [6.45, 7) is 0. The zero-order valence-electron chi connectivity index (χ0n) is 9.79. The molecule has 0 radical (unpaired) electrons. The van der Waals surface area contributed by atoms with E-state index in [-0.39, 0.29) is 21.3 Å². The molecule has 0 aliphatic carbocycles. The molecule has 104 valence electrons. The van der Waals surface area contributed by atoms with Crippen LogP contribution in [0.4, 0.5) is 13.2 Å². The van der Waals surface area contributed by atoms with Gasteiger partial charge in [-0.25, -0.2) is 13.2 Å². The van der Waals surface area contributed by atoms with Crippen molar-refractivity contribution in [1.82, 2.24) is 0 Å². The van der Waals surface area contributed by atoms with Gasteiger partial charge in [0, 0.05) is 11.6 Å². The van der Waals surface area contributed by atoms with Crippen LogP contribution in [0.2, 0.25) is 5.02 Å². The maximum Gasteiger partial charge on any atom is 0.198 e. The Kier molecular flexibility index (Phi) is 4.15. The smallest absolute Gasteiger partial charge is 0.198 e. The van der Waals surface area contributed by atoms with Gasteiger partial charge in [0.15, 0.2) is 17.4 Å². The molecule has 0 unspecified atom stereocenters. The van der Waals surface area contributed by atoms with Crippen molar-refractivity contribution in [2.45, 2.75) is 0 Å². The van der Waals surface area contributed by atoms with E-state index >= 15 is 0 Å². The van der Waals surface area contributed by atoms with Crippen molar-refractivity contribution in [1.29, 1.82) is 0 Å². The summed E-state index contributed by atoms with van der Waals surface area (Å²) in [5.41, 5.74) is 5.32. The fourth-order valence-corrected chi connectivity index (χ4v) is 1.69. The normalized spacial score (nSPS) is 10.4. The molecule has 2 aromatic rings. The number of nitrogens with two attached hydrogens (primary N) is 1. The van der Waals surface area contributed by atoms with Crippen LogP contribution in [0.1, 0.15) is 5.56 Å². The van der Waals surface area contributed by atoms with Crippen molar-refractivity contribution in [3.05, 3.63) is 58.4 Å². The van der Waals surface area contributed by atoms with E-state index in [1.165, 1.54) is 12.1 Å². The van der Waals surface area contributed by atoms with E-state index in [0.717, 1.165) is 18.2 Å². The first kappa shape index (κ1) is 14.6. The van der Waals surface area contributed by atoms with Gasteiger partial charge in [-0.2, -0.15) is 0 Å². The molecule has 2 N–H and O–H groups in total. The molecule has 0 atom stereocenters. The highest BCUT2D eigenvalue weighted by Crippen LogP contribution is 2.30. The summed E-state index contributed by atoms with van der Waals surface area (Å²) < 4.78 is 45.7. The van der Waals surface area contributed by atoms with Gasteiger partial charge in [-0.15, -0.1) is 0 Å². The first-order valence-electron chi connectivity index (χ1n) is 5.30. The summed E-state index contributed by atoms with van der Waals surface area (Å²) in [4.78, 5) is -0.146. The van der Waals surface area contributed by atoms with Crippen LogP contribution in [-0.4, -0.2) is 4.99 Å². The Morgan fingerprint density at radius 1 is 1.05 bits per heavy atom. The molecular weight excluding hydrogens is 311 g/mol. The Morgan fingerprint density at radius 2 is 1.65 bits per heavy atom. The number of thiocarbonyl (C=S) groups is 1. The molecule has 0 aromatic heterocycles. The van der Waals surface area contributed by atoms with Crippen LogP contribution in [-0.2, 0) is 0 Å². The van der Waals surface area contributed by atoms with E-state index in [2.05, 4.69) is 12.2 Å². The molecule has 0 bridgehead atoms. The molecule has 2 rings (SSSR count). The lowest BCUT2D eigenvalue weighted by atomic mass is 10.2. The predicted molar refractivity (Wildman–Crippen MR) is 73.7 cm³/mol. The highest BCUT2D eigenvalue weighted by atomic mass is 35.5. The number of hydrogen-bond acceptors (Lipinski definition) is 2. The average Bonchev–Trinajstić information content (AvgIpc) is 2.37. The fraction of sp³-hybridized carbons (Fsp3) is 0. The van der Waals surface area contributed by atoms with Crippen molar-refractivity contribution in [3.63, 3.8) is 0 Å². The van der Waals surface area contributed by atoms with Gasteiger partial charge in [-0.1, -0.05) is 23.8 Å². The molecule has 0 spiro atoms. The Balaban J connectivity index is 2.38. The van der Waals surface area contributed by atoms with Crippen LogP contribution in [0.25, 0.3) is 0 Å². The van der Waals surface area contributed by atoms with Crippen molar-refractivity contribution in [2.24, 2.45) is 5.73 Å². The minimum absolute atomic E-state index is 0.0321. The van der Waals surface area contributed by atoms with Gasteiger partial charge in [-0.05, 0) is 24.3 Å². The second-order valence-electron chi connectivity index (χ2n) is 3.81. The van der Waals surface area contributed by atoms with Crippen molar-refractivity contribution >= 4 is 28.8 Å². The minimum Gasteiger partial charge on any atom is -0.451 e. The van der Waals surface area contributed by atoms with E-state index in [1.807, 2.05) is 0 Å². The number of rotatable bonds is 3. The van der Waals surface area contributed by atoms with Crippen LogP contribution in [0.15, 0.2) is 30.3 Å². The van der Waals surface area contributed by atoms with Crippen molar-refractivity contribution in [2.75, 3.05) is 0 Å². The molecule has 0 saturated heterocycles. The summed E-state index contributed by atoms with van der Waals surface area (Å²) in [7, 11) is 0. The molecule has 0 heterocycles. The minimum atomic E-state index is -0.997. The zero-order valence-corrected chi connectivity index (χ0v) is 11.4. The Bertz CT molecular complexity index is 670. The molecule has 2 nitrogen and oxygen atoms in total. The highest BCUT2D eigenvalue weighted by molar-refractivity contribution is 7.80. The van der Waals surface area contributed by atoms with Crippen molar-refractivity contribution in [3.8, 4) is 11.5 Å². The molecule has 0 aliphatic rings. The lowest BCUT2D eigenvalue weighted by molar-refractivity contribution is 0.405. The van der Waals surface area contributed by atoms with E-state index in [1.54, 1.807) is 0 Å².